The predicted molar refractivity (Wildman–Crippen MR) is 109 cm³/mol. The van der Waals surface area contributed by atoms with Crippen LogP contribution in [0.4, 0.5) is 0 Å². The summed E-state index contributed by atoms with van der Waals surface area (Å²) in [5, 5.41) is 9.56. The van der Waals surface area contributed by atoms with Crippen LogP contribution in [0.1, 0.15) is 29.8 Å². The summed E-state index contributed by atoms with van der Waals surface area (Å²) in [5.41, 5.74) is 1.44. The van der Waals surface area contributed by atoms with Crippen LogP contribution in [0, 0.1) is 0 Å². The molecule has 0 bridgehead atoms. The van der Waals surface area contributed by atoms with Crippen molar-refractivity contribution in [3.8, 4) is 0 Å². The molecular weight excluding hydrogens is 362 g/mol. The number of halogens is 1. The molecule has 2 atom stereocenters. The lowest BCUT2D eigenvalue weighted by atomic mass is 10.0. The molecule has 2 aromatic carbocycles. The van der Waals surface area contributed by atoms with Crippen LogP contribution in [-0.4, -0.2) is 37.0 Å². The van der Waals surface area contributed by atoms with E-state index in [0.717, 1.165) is 12.1 Å². The van der Waals surface area contributed by atoms with Crippen LogP contribution >= 0.6 is 11.6 Å². The number of benzene rings is 2. The van der Waals surface area contributed by atoms with Crippen LogP contribution in [0.25, 0.3) is 0 Å². The van der Waals surface area contributed by atoms with Gasteiger partial charge >= 0.3 is 0 Å². The maximum Gasteiger partial charge on any atom is 0.251 e. The molecule has 0 heterocycles. The zero-order valence-electron chi connectivity index (χ0n) is 15.7. The Balaban J connectivity index is 2.07. The summed E-state index contributed by atoms with van der Waals surface area (Å²) in [4.78, 5) is 25.3. The van der Waals surface area contributed by atoms with Crippen molar-refractivity contribution in [2.75, 3.05) is 13.1 Å². The third-order valence-corrected chi connectivity index (χ3v) is 4.40. The molecule has 144 valence electrons. The Kier molecular flexibility index (Phi) is 8.30. The fourth-order valence-electron chi connectivity index (χ4n) is 2.70. The van der Waals surface area contributed by atoms with Crippen molar-refractivity contribution < 1.29 is 9.59 Å². The normalized spacial score (nSPS) is 12.9. The fraction of sp³-hybridized carbons (Fsp3) is 0.333. The van der Waals surface area contributed by atoms with Gasteiger partial charge in [-0.3, -0.25) is 9.59 Å². The Morgan fingerprint density at radius 1 is 1.04 bits per heavy atom. The first-order valence-corrected chi connectivity index (χ1v) is 9.48. The van der Waals surface area contributed by atoms with Gasteiger partial charge in [0.05, 0.1) is 0 Å². The fourth-order valence-corrected chi connectivity index (χ4v) is 2.83. The highest BCUT2D eigenvalue weighted by atomic mass is 35.5. The summed E-state index contributed by atoms with van der Waals surface area (Å²) in [6.07, 6.45) is 0.418. The van der Waals surface area contributed by atoms with Gasteiger partial charge in [0.25, 0.3) is 5.91 Å². The Morgan fingerprint density at radius 3 is 2.33 bits per heavy atom. The summed E-state index contributed by atoms with van der Waals surface area (Å²) in [5.74, 6) is -0.506. The van der Waals surface area contributed by atoms with Crippen LogP contribution in [0.2, 0.25) is 5.02 Å². The summed E-state index contributed by atoms with van der Waals surface area (Å²) in [6.45, 7) is 5.34. The van der Waals surface area contributed by atoms with Gasteiger partial charge in [0, 0.05) is 29.6 Å². The van der Waals surface area contributed by atoms with Crippen molar-refractivity contribution in [3.63, 3.8) is 0 Å². The summed E-state index contributed by atoms with van der Waals surface area (Å²) >= 11 is 5.87. The average Bonchev–Trinajstić information content (AvgIpc) is 2.67. The van der Waals surface area contributed by atoms with Gasteiger partial charge < -0.3 is 16.0 Å². The Bertz CT molecular complexity index is 735. The van der Waals surface area contributed by atoms with E-state index in [1.807, 2.05) is 44.2 Å². The lowest BCUT2D eigenvalue weighted by Gasteiger charge is -2.20. The first-order chi connectivity index (χ1) is 13.0. The molecule has 0 aliphatic heterocycles. The van der Waals surface area contributed by atoms with Gasteiger partial charge in [-0.1, -0.05) is 48.9 Å². The van der Waals surface area contributed by atoms with Crippen molar-refractivity contribution >= 4 is 23.4 Å². The molecule has 2 rings (SSSR count). The average molecular weight is 388 g/mol. The van der Waals surface area contributed by atoms with Crippen molar-refractivity contribution in [2.24, 2.45) is 0 Å². The molecule has 0 aliphatic rings. The van der Waals surface area contributed by atoms with Gasteiger partial charge in [-0.15, -0.1) is 0 Å². The maximum atomic E-state index is 12.7. The number of nitrogens with one attached hydrogen (secondary N) is 3. The molecule has 0 saturated carbocycles. The second-order valence-electron chi connectivity index (χ2n) is 6.43. The SMILES string of the molecule is CCN[C@H](C)CNC(=O)C(Cc1ccccc1)NC(=O)c1ccc(Cl)cc1. The monoisotopic (exact) mass is 387 g/mol. The number of amides is 2. The van der Waals surface area contributed by atoms with E-state index < -0.39 is 6.04 Å². The first kappa shape index (κ1) is 20.9. The molecule has 1 unspecified atom stereocenters. The minimum absolute atomic E-state index is 0.156. The lowest BCUT2D eigenvalue weighted by Crippen LogP contribution is -2.50. The van der Waals surface area contributed by atoms with E-state index in [9.17, 15) is 9.59 Å². The highest BCUT2D eigenvalue weighted by Gasteiger charge is 2.22. The number of hydrogen-bond donors (Lipinski definition) is 3. The van der Waals surface area contributed by atoms with Gasteiger partial charge in [0.1, 0.15) is 6.04 Å². The largest absolute Gasteiger partial charge is 0.353 e. The standard InChI is InChI=1S/C21H26ClN3O2/c1-3-23-15(2)14-24-21(27)19(13-16-7-5-4-6-8-16)25-20(26)17-9-11-18(22)12-10-17/h4-12,15,19,23H,3,13-14H2,1-2H3,(H,24,27)(H,25,26)/t15-,19?/m1/s1. The molecule has 0 saturated heterocycles. The molecule has 0 radical (unpaired) electrons. The van der Waals surface area contributed by atoms with Gasteiger partial charge in [-0.25, -0.2) is 0 Å². The second kappa shape index (κ2) is 10.7. The predicted octanol–water partition coefficient (Wildman–Crippen LogP) is 2.80. The Labute approximate surface area is 165 Å². The molecule has 0 aliphatic carbocycles. The van der Waals surface area contributed by atoms with E-state index in [4.69, 9.17) is 11.6 Å². The highest BCUT2D eigenvalue weighted by molar-refractivity contribution is 6.30. The molecule has 0 aromatic heterocycles. The quantitative estimate of drug-likeness (QED) is 0.619. The van der Waals surface area contributed by atoms with Crippen LogP contribution in [-0.2, 0) is 11.2 Å². The summed E-state index contributed by atoms with van der Waals surface area (Å²) in [6, 6.07) is 15.7. The number of carbonyl (C=O) groups excluding carboxylic acids is 2. The lowest BCUT2D eigenvalue weighted by molar-refractivity contribution is -0.123. The number of likely N-dealkylation sites (N-methyl/N-ethyl adjacent to an activating group) is 1. The molecule has 0 fully saturated rings. The first-order valence-electron chi connectivity index (χ1n) is 9.11. The van der Waals surface area contributed by atoms with E-state index in [1.165, 1.54) is 0 Å². The zero-order valence-corrected chi connectivity index (χ0v) is 16.4. The molecule has 2 aromatic rings. The molecule has 3 N–H and O–H groups in total. The van der Waals surface area contributed by atoms with E-state index in [0.29, 0.717) is 23.6 Å². The zero-order chi connectivity index (χ0) is 19.6. The summed E-state index contributed by atoms with van der Waals surface area (Å²) < 4.78 is 0. The molecule has 2 amide bonds. The van der Waals surface area contributed by atoms with Gasteiger partial charge in [-0.2, -0.15) is 0 Å². The van der Waals surface area contributed by atoms with E-state index in [1.54, 1.807) is 24.3 Å². The molecule has 0 spiro atoms. The van der Waals surface area contributed by atoms with Crippen molar-refractivity contribution in [2.45, 2.75) is 32.4 Å². The minimum atomic E-state index is -0.663. The highest BCUT2D eigenvalue weighted by Crippen LogP contribution is 2.10. The smallest absolute Gasteiger partial charge is 0.251 e. The third-order valence-electron chi connectivity index (χ3n) is 4.15. The van der Waals surface area contributed by atoms with Crippen LogP contribution < -0.4 is 16.0 Å². The summed E-state index contributed by atoms with van der Waals surface area (Å²) in [7, 11) is 0. The topological polar surface area (TPSA) is 70.2 Å². The van der Waals surface area contributed by atoms with Crippen LogP contribution in [0.15, 0.2) is 54.6 Å². The van der Waals surface area contributed by atoms with E-state index in [2.05, 4.69) is 16.0 Å². The van der Waals surface area contributed by atoms with Gasteiger partial charge in [0.2, 0.25) is 5.91 Å². The minimum Gasteiger partial charge on any atom is -0.353 e. The van der Waals surface area contributed by atoms with E-state index in [-0.39, 0.29) is 17.9 Å². The Morgan fingerprint density at radius 2 is 1.70 bits per heavy atom. The maximum absolute atomic E-state index is 12.7. The van der Waals surface area contributed by atoms with Crippen LogP contribution in [0.3, 0.4) is 0 Å². The van der Waals surface area contributed by atoms with Gasteiger partial charge in [-0.05, 0) is 43.3 Å². The van der Waals surface area contributed by atoms with Crippen LogP contribution in [0.5, 0.6) is 0 Å². The number of carbonyl (C=O) groups is 2. The molecule has 6 heteroatoms. The van der Waals surface area contributed by atoms with Crippen molar-refractivity contribution in [1.29, 1.82) is 0 Å². The Hall–Kier alpha value is -2.37. The van der Waals surface area contributed by atoms with Crippen molar-refractivity contribution in [1.82, 2.24) is 16.0 Å². The molecule has 5 nitrogen and oxygen atoms in total. The van der Waals surface area contributed by atoms with Crippen molar-refractivity contribution in [3.05, 3.63) is 70.7 Å². The van der Waals surface area contributed by atoms with Gasteiger partial charge in [0.15, 0.2) is 0 Å². The third kappa shape index (κ3) is 7.04. The van der Waals surface area contributed by atoms with E-state index >= 15 is 0 Å². The molecule has 27 heavy (non-hydrogen) atoms. The number of rotatable bonds is 9. The molecular formula is C21H26ClN3O2. The number of hydrogen-bond acceptors (Lipinski definition) is 3. The second-order valence-corrected chi connectivity index (χ2v) is 6.86.